The van der Waals surface area contributed by atoms with Crippen LogP contribution in [0.15, 0.2) is 36.9 Å². The van der Waals surface area contributed by atoms with Gasteiger partial charge in [0.25, 0.3) is 0 Å². The summed E-state index contributed by atoms with van der Waals surface area (Å²) in [6.45, 7) is 0. The SMILES string of the molecule is ClCc1cn(-c2ccccn2)cn1. The molecule has 0 spiro atoms. The summed E-state index contributed by atoms with van der Waals surface area (Å²) in [6, 6.07) is 5.73. The third-order valence-electron chi connectivity index (χ3n) is 1.69. The lowest BCUT2D eigenvalue weighted by Crippen LogP contribution is -1.92. The molecule has 66 valence electrons. The van der Waals surface area contributed by atoms with Gasteiger partial charge in [0.15, 0.2) is 0 Å². The van der Waals surface area contributed by atoms with Crippen LogP contribution in [0.5, 0.6) is 0 Å². The van der Waals surface area contributed by atoms with Gasteiger partial charge in [-0.25, -0.2) is 9.97 Å². The second kappa shape index (κ2) is 3.58. The predicted octanol–water partition coefficient (Wildman–Crippen LogP) is 2.01. The quantitative estimate of drug-likeness (QED) is 0.684. The number of nitrogens with zero attached hydrogens (tertiary/aromatic N) is 3. The van der Waals surface area contributed by atoms with Crippen LogP contribution in [0.1, 0.15) is 5.69 Å². The van der Waals surface area contributed by atoms with Gasteiger partial charge in [-0.3, -0.25) is 4.57 Å². The van der Waals surface area contributed by atoms with Crippen molar-refractivity contribution in [1.82, 2.24) is 14.5 Å². The van der Waals surface area contributed by atoms with E-state index < -0.39 is 0 Å². The van der Waals surface area contributed by atoms with Gasteiger partial charge in [-0.2, -0.15) is 0 Å². The first kappa shape index (κ1) is 8.26. The Morgan fingerprint density at radius 2 is 2.23 bits per heavy atom. The van der Waals surface area contributed by atoms with Gasteiger partial charge in [-0.1, -0.05) is 6.07 Å². The molecule has 4 heteroatoms. The van der Waals surface area contributed by atoms with Gasteiger partial charge in [0.2, 0.25) is 0 Å². The Hall–Kier alpha value is -1.35. The van der Waals surface area contributed by atoms with Crippen LogP contribution < -0.4 is 0 Å². The summed E-state index contributed by atoms with van der Waals surface area (Å²) in [4.78, 5) is 8.28. The van der Waals surface area contributed by atoms with E-state index in [4.69, 9.17) is 11.6 Å². The van der Waals surface area contributed by atoms with Crippen molar-refractivity contribution in [2.24, 2.45) is 0 Å². The van der Waals surface area contributed by atoms with Crippen molar-refractivity contribution in [3.05, 3.63) is 42.6 Å². The summed E-state index contributed by atoms with van der Waals surface area (Å²) in [5, 5.41) is 0. The van der Waals surface area contributed by atoms with Crippen LogP contribution in [0.3, 0.4) is 0 Å². The third-order valence-corrected chi connectivity index (χ3v) is 1.96. The second-order valence-electron chi connectivity index (χ2n) is 2.59. The van der Waals surface area contributed by atoms with E-state index in [-0.39, 0.29) is 0 Å². The highest BCUT2D eigenvalue weighted by Gasteiger charge is 1.98. The largest absolute Gasteiger partial charge is 0.290 e. The van der Waals surface area contributed by atoms with Crippen LogP contribution in [0.4, 0.5) is 0 Å². The summed E-state index contributed by atoms with van der Waals surface area (Å²) in [7, 11) is 0. The monoisotopic (exact) mass is 193 g/mol. The lowest BCUT2D eigenvalue weighted by molar-refractivity contribution is 0.993. The van der Waals surface area contributed by atoms with Gasteiger partial charge < -0.3 is 0 Å². The summed E-state index contributed by atoms with van der Waals surface area (Å²) < 4.78 is 1.84. The van der Waals surface area contributed by atoms with Crippen molar-refractivity contribution in [2.45, 2.75) is 5.88 Å². The van der Waals surface area contributed by atoms with E-state index in [0.29, 0.717) is 5.88 Å². The molecular weight excluding hydrogens is 186 g/mol. The molecule has 0 amide bonds. The third kappa shape index (κ3) is 1.70. The molecule has 0 unspecified atom stereocenters. The summed E-state index contributed by atoms with van der Waals surface area (Å²) in [5.74, 6) is 1.28. The standard InChI is InChI=1S/C9H8ClN3/c10-5-8-6-13(7-12-8)9-3-1-2-4-11-9/h1-4,6-7H,5H2. The molecule has 0 saturated heterocycles. The van der Waals surface area contributed by atoms with Gasteiger partial charge in [-0.05, 0) is 12.1 Å². The van der Waals surface area contributed by atoms with Gasteiger partial charge in [-0.15, -0.1) is 11.6 Å². The number of hydrogen-bond donors (Lipinski definition) is 0. The van der Waals surface area contributed by atoms with E-state index in [0.717, 1.165) is 11.5 Å². The van der Waals surface area contributed by atoms with Gasteiger partial charge >= 0.3 is 0 Å². The molecule has 2 heterocycles. The minimum atomic E-state index is 0.430. The van der Waals surface area contributed by atoms with Gasteiger partial charge in [0.05, 0.1) is 11.6 Å². The smallest absolute Gasteiger partial charge is 0.137 e. The molecule has 0 aromatic carbocycles. The van der Waals surface area contributed by atoms with E-state index in [2.05, 4.69) is 9.97 Å². The number of pyridine rings is 1. The number of alkyl halides is 1. The molecule has 2 rings (SSSR count). The predicted molar refractivity (Wildman–Crippen MR) is 50.9 cm³/mol. The number of halogens is 1. The van der Waals surface area contributed by atoms with Crippen molar-refractivity contribution in [1.29, 1.82) is 0 Å². The maximum atomic E-state index is 5.63. The Labute approximate surface area is 81.0 Å². The average molecular weight is 194 g/mol. The average Bonchev–Trinajstić information content (AvgIpc) is 2.67. The highest BCUT2D eigenvalue weighted by atomic mass is 35.5. The molecule has 3 nitrogen and oxygen atoms in total. The molecule has 0 aliphatic heterocycles. The zero-order valence-corrected chi connectivity index (χ0v) is 7.65. The molecular formula is C9H8ClN3. The van der Waals surface area contributed by atoms with Crippen LogP contribution in [-0.2, 0) is 5.88 Å². The molecule has 13 heavy (non-hydrogen) atoms. The molecule has 0 aliphatic carbocycles. The highest BCUT2D eigenvalue weighted by molar-refractivity contribution is 6.16. The van der Waals surface area contributed by atoms with E-state index >= 15 is 0 Å². The Morgan fingerprint density at radius 3 is 2.85 bits per heavy atom. The number of hydrogen-bond acceptors (Lipinski definition) is 2. The first-order chi connectivity index (χ1) is 6.40. The first-order valence-corrected chi connectivity index (χ1v) is 4.44. The Balaban J connectivity index is 2.36. The van der Waals surface area contributed by atoms with Crippen LogP contribution in [0, 0.1) is 0 Å². The Morgan fingerprint density at radius 1 is 1.31 bits per heavy atom. The molecule has 0 saturated carbocycles. The van der Waals surface area contributed by atoms with Crippen molar-refractivity contribution in [2.75, 3.05) is 0 Å². The first-order valence-electron chi connectivity index (χ1n) is 3.90. The van der Waals surface area contributed by atoms with Crippen LogP contribution in [-0.4, -0.2) is 14.5 Å². The lowest BCUT2D eigenvalue weighted by Gasteiger charge is -1.97. The van der Waals surface area contributed by atoms with E-state index in [1.54, 1.807) is 12.5 Å². The molecule has 0 N–H and O–H groups in total. The van der Waals surface area contributed by atoms with Crippen LogP contribution in [0.2, 0.25) is 0 Å². The van der Waals surface area contributed by atoms with Crippen molar-refractivity contribution in [3.8, 4) is 5.82 Å². The van der Waals surface area contributed by atoms with E-state index in [1.807, 2.05) is 29.0 Å². The van der Waals surface area contributed by atoms with Crippen molar-refractivity contribution >= 4 is 11.6 Å². The fourth-order valence-electron chi connectivity index (χ4n) is 1.06. The summed E-state index contributed by atoms with van der Waals surface area (Å²) in [6.07, 6.45) is 5.32. The van der Waals surface area contributed by atoms with Crippen LogP contribution >= 0.6 is 11.6 Å². The summed E-state index contributed by atoms with van der Waals surface area (Å²) >= 11 is 5.63. The minimum Gasteiger partial charge on any atom is -0.290 e. The topological polar surface area (TPSA) is 30.7 Å². The van der Waals surface area contributed by atoms with Crippen molar-refractivity contribution in [3.63, 3.8) is 0 Å². The van der Waals surface area contributed by atoms with Gasteiger partial charge in [0, 0.05) is 12.4 Å². The fraction of sp³-hybridized carbons (Fsp3) is 0.111. The zero-order chi connectivity index (χ0) is 9.10. The molecule has 0 fully saturated rings. The van der Waals surface area contributed by atoms with Gasteiger partial charge in [0.1, 0.15) is 12.1 Å². The molecule has 2 aromatic rings. The number of rotatable bonds is 2. The maximum absolute atomic E-state index is 5.63. The zero-order valence-electron chi connectivity index (χ0n) is 6.89. The molecule has 2 aromatic heterocycles. The minimum absolute atomic E-state index is 0.430. The van der Waals surface area contributed by atoms with Crippen molar-refractivity contribution < 1.29 is 0 Å². The normalized spacial score (nSPS) is 10.2. The van der Waals surface area contributed by atoms with E-state index in [9.17, 15) is 0 Å². The number of imidazole rings is 1. The Kier molecular flexibility index (Phi) is 2.27. The highest BCUT2D eigenvalue weighted by Crippen LogP contribution is 2.06. The molecule has 0 bridgehead atoms. The lowest BCUT2D eigenvalue weighted by atomic mass is 10.4. The molecule has 0 atom stereocenters. The number of aromatic nitrogens is 3. The van der Waals surface area contributed by atoms with E-state index in [1.165, 1.54) is 0 Å². The molecule has 0 aliphatic rings. The second-order valence-corrected chi connectivity index (χ2v) is 2.86. The fourth-order valence-corrected chi connectivity index (χ4v) is 1.20. The Bertz CT molecular complexity index is 383. The summed E-state index contributed by atoms with van der Waals surface area (Å²) in [5.41, 5.74) is 0.854. The van der Waals surface area contributed by atoms with Crippen LogP contribution in [0.25, 0.3) is 5.82 Å². The molecule has 0 radical (unpaired) electrons. The maximum Gasteiger partial charge on any atom is 0.137 e.